The van der Waals surface area contributed by atoms with Gasteiger partial charge in [0, 0.05) is 12.8 Å². The molecule has 7 heteroatoms. The molecule has 18 heavy (non-hydrogen) atoms. The fourth-order valence-electron chi connectivity index (χ4n) is 1.51. The molecule has 2 rings (SSSR count). The van der Waals surface area contributed by atoms with Gasteiger partial charge in [0.15, 0.2) is 0 Å². The zero-order valence-corrected chi connectivity index (χ0v) is 10.7. The number of hydrogen-bond donors (Lipinski definition) is 1. The van der Waals surface area contributed by atoms with Gasteiger partial charge in [-0.15, -0.1) is 21.5 Å². The van der Waals surface area contributed by atoms with Crippen LogP contribution in [0.5, 0.6) is 0 Å². The Morgan fingerprint density at radius 1 is 1.44 bits per heavy atom. The lowest BCUT2D eigenvalue weighted by molar-refractivity contribution is -0.137. The number of rotatable bonds is 6. The molecule has 0 saturated carbocycles. The maximum atomic E-state index is 10.4. The minimum atomic E-state index is -0.776. The third-order valence-corrected chi connectivity index (χ3v) is 3.35. The molecule has 0 amide bonds. The fourth-order valence-corrected chi connectivity index (χ4v) is 2.23. The van der Waals surface area contributed by atoms with Gasteiger partial charge in [0.05, 0.1) is 11.2 Å². The number of thiazole rings is 1. The first kappa shape index (κ1) is 12.7. The van der Waals surface area contributed by atoms with Crippen LogP contribution in [0.25, 0.3) is 10.8 Å². The molecule has 2 aromatic rings. The lowest BCUT2D eigenvalue weighted by atomic mass is 10.2. The normalized spacial score (nSPS) is 10.7. The summed E-state index contributed by atoms with van der Waals surface area (Å²) in [4.78, 5) is 15.4. The van der Waals surface area contributed by atoms with E-state index in [-0.39, 0.29) is 6.42 Å². The third kappa shape index (κ3) is 3.13. The Kier molecular flexibility index (Phi) is 4.03. The Labute approximate surface area is 108 Å². The molecule has 1 N–H and O–H groups in total. The highest BCUT2D eigenvalue weighted by molar-refractivity contribution is 7.13. The van der Waals surface area contributed by atoms with Crippen LogP contribution in [-0.2, 0) is 11.2 Å². The van der Waals surface area contributed by atoms with Crippen molar-refractivity contribution in [3.05, 3.63) is 17.1 Å². The average Bonchev–Trinajstić information content (AvgIpc) is 2.92. The second kappa shape index (κ2) is 5.72. The van der Waals surface area contributed by atoms with Crippen LogP contribution in [0.3, 0.4) is 0 Å². The van der Waals surface area contributed by atoms with Crippen molar-refractivity contribution in [3.63, 3.8) is 0 Å². The molecule has 0 atom stereocenters. The maximum Gasteiger partial charge on any atom is 0.303 e. The van der Waals surface area contributed by atoms with Crippen LogP contribution in [0.4, 0.5) is 0 Å². The van der Waals surface area contributed by atoms with Crippen molar-refractivity contribution in [2.45, 2.75) is 32.6 Å². The van der Waals surface area contributed by atoms with Crippen LogP contribution < -0.4 is 0 Å². The Morgan fingerprint density at radius 3 is 2.94 bits per heavy atom. The van der Waals surface area contributed by atoms with E-state index >= 15 is 0 Å². The summed E-state index contributed by atoms with van der Waals surface area (Å²) in [6.45, 7) is 1.89. The minimum Gasteiger partial charge on any atom is -0.481 e. The van der Waals surface area contributed by atoms with Crippen LogP contribution in [0.2, 0.25) is 0 Å². The molecule has 0 radical (unpaired) electrons. The average molecular weight is 267 g/mol. The molecule has 0 aliphatic heterocycles. The molecule has 0 spiro atoms. The van der Waals surface area contributed by atoms with Crippen molar-refractivity contribution in [3.8, 4) is 10.8 Å². The van der Waals surface area contributed by atoms with Gasteiger partial charge >= 0.3 is 5.97 Å². The van der Waals surface area contributed by atoms with Gasteiger partial charge in [-0.05, 0) is 19.8 Å². The summed E-state index contributed by atoms with van der Waals surface area (Å²) in [5.41, 5.74) is 2.61. The number of unbranched alkanes of at least 4 members (excludes halogenated alkanes) is 1. The Bertz CT molecular complexity index is 535. The van der Waals surface area contributed by atoms with E-state index in [4.69, 9.17) is 9.52 Å². The number of carboxylic acid groups (broad SMARTS) is 1. The van der Waals surface area contributed by atoms with Crippen molar-refractivity contribution < 1.29 is 14.3 Å². The van der Waals surface area contributed by atoms with Crippen LogP contribution in [0.15, 0.2) is 9.93 Å². The first-order valence-corrected chi connectivity index (χ1v) is 6.49. The molecule has 0 aliphatic rings. The smallest absolute Gasteiger partial charge is 0.303 e. The molecule has 0 bridgehead atoms. The van der Waals surface area contributed by atoms with Crippen LogP contribution in [0.1, 0.15) is 30.8 Å². The van der Waals surface area contributed by atoms with E-state index in [9.17, 15) is 4.79 Å². The largest absolute Gasteiger partial charge is 0.481 e. The molecule has 6 nitrogen and oxygen atoms in total. The molecule has 2 aromatic heterocycles. The van der Waals surface area contributed by atoms with E-state index in [0.29, 0.717) is 24.6 Å². The molecule has 0 unspecified atom stereocenters. The predicted molar refractivity (Wildman–Crippen MR) is 65.3 cm³/mol. The topological polar surface area (TPSA) is 89.1 Å². The summed E-state index contributed by atoms with van der Waals surface area (Å²) < 4.78 is 5.52. The van der Waals surface area contributed by atoms with Crippen molar-refractivity contribution in [2.75, 3.05) is 0 Å². The Balaban J connectivity index is 1.91. The van der Waals surface area contributed by atoms with Gasteiger partial charge in [-0.1, -0.05) is 0 Å². The summed E-state index contributed by atoms with van der Waals surface area (Å²) in [5, 5.41) is 16.4. The first-order chi connectivity index (χ1) is 8.66. The number of hydrogen-bond acceptors (Lipinski definition) is 6. The van der Waals surface area contributed by atoms with Gasteiger partial charge in [-0.3, -0.25) is 4.79 Å². The molecular formula is C11H13N3O3S. The van der Waals surface area contributed by atoms with E-state index in [0.717, 1.165) is 17.0 Å². The lowest BCUT2D eigenvalue weighted by Crippen LogP contribution is -1.95. The van der Waals surface area contributed by atoms with E-state index in [1.807, 2.05) is 6.92 Å². The third-order valence-electron chi connectivity index (χ3n) is 2.44. The quantitative estimate of drug-likeness (QED) is 0.808. The molecular weight excluding hydrogens is 254 g/mol. The molecule has 0 fully saturated rings. The second-order valence-electron chi connectivity index (χ2n) is 3.87. The van der Waals surface area contributed by atoms with Crippen molar-refractivity contribution in [1.29, 1.82) is 0 Å². The summed E-state index contributed by atoms with van der Waals surface area (Å²) in [6.07, 6.45) is 2.13. The molecule has 0 aromatic carbocycles. The Hall–Kier alpha value is -1.76. The van der Waals surface area contributed by atoms with E-state index in [2.05, 4.69) is 15.2 Å². The highest BCUT2D eigenvalue weighted by Crippen LogP contribution is 2.25. The highest BCUT2D eigenvalue weighted by atomic mass is 32.1. The molecule has 0 aliphatic carbocycles. The van der Waals surface area contributed by atoms with Gasteiger partial charge in [-0.2, -0.15) is 0 Å². The van der Waals surface area contributed by atoms with Gasteiger partial charge in [-0.25, -0.2) is 4.98 Å². The molecule has 96 valence electrons. The van der Waals surface area contributed by atoms with Crippen molar-refractivity contribution in [2.24, 2.45) is 0 Å². The summed E-state index contributed by atoms with van der Waals surface area (Å²) in [7, 11) is 0. The monoisotopic (exact) mass is 267 g/mol. The zero-order valence-electron chi connectivity index (χ0n) is 9.92. The second-order valence-corrected chi connectivity index (χ2v) is 4.72. The standard InChI is InChI=1S/C11H13N3O3S/c1-7-10(18-6-12-7)11-14-13-8(17-11)4-2-3-5-9(15)16/h6H,2-5H2,1H3,(H,15,16). The number of nitrogens with zero attached hydrogens (tertiary/aromatic N) is 3. The van der Waals surface area contributed by atoms with Crippen molar-refractivity contribution >= 4 is 17.3 Å². The van der Waals surface area contributed by atoms with Crippen LogP contribution >= 0.6 is 11.3 Å². The van der Waals surface area contributed by atoms with Crippen LogP contribution in [0, 0.1) is 6.92 Å². The number of aliphatic carboxylic acids is 1. The lowest BCUT2D eigenvalue weighted by Gasteiger charge is -1.94. The summed E-state index contributed by atoms with van der Waals surface area (Å²) >= 11 is 1.46. The number of carbonyl (C=O) groups is 1. The maximum absolute atomic E-state index is 10.4. The molecule has 0 saturated heterocycles. The SMILES string of the molecule is Cc1ncsc1-c1nnc(CCCCC(=O)O)o1. The summed E-state index contributed by atoms with van der Waals surface area (Å²) in [6, 6.07) is 0. The molecule has 2 heterocycles. The minimum absolute atomic E-state index is 0.176. The van der Waals surface area contributed by atoms with Gasteiger partial charge in [0.1, 0.15) is 4.88 Å². The predicted octanol–water partition coefficient (Wildman–Crippen LogP) is 2.30. The van der Waals surface area contributed by atoms with Gasteiger partial charge in [0.2, 0.25) is 5.89 Å². The van der Waals surface area contributed by atoms with Crippen LogP contribution in [-0.4, -0.2) is 26.3 Å². The highest BCUT2D eigenvalue weighted by Gasteiger charge is 2.12. The van der Waals surface area contributed by atoms with Crippen molar-refractivity contribution in [1.82, 2.24) is 15.2 Å². The zero-order chi connectivity index (χ0) is 13.0. The van der Waals surface area contributed by atoms with E-state index in [1.54, 1.807) is 5.51 Å². The summed E-state index contributed by atoms with van der Waals surface area (Å²) in [5.74, 6) is 0.257. The fraction of sp³-hybridized carbons (Fsp3) is 0.455. The number of aryl methyl sites for hydroxylation is 2. The van der Waals surface area contributed by atoms with Gasteiger partial charge in [0.25, 0.3) is 5.89 Å². The Morgan fingerprint density at radius 2 is 2.28 bits per heavy atom. The first-order valence-electron chi connectivity index (χ1n) is 5.61. The van der Waals surface area contributed by atoms with Gasteiger partial charge < -0.3 is 9.52 Å². The van der Waals surface area contributed by atoms with E-state index < -0.39 is 5.97 Å². The van der Waals surface area contributed by atoms with E-state index in [1.165, 1.54) is 11.3 Å². The number of carboxylic acids is 1. The number of aromatic nitrogens is 3.